The van der Waals surface area contributed by atoms with Crippen LogP contribution in [0.3, 0.4) is 0 Å². The van der Waals surface area contributed by atoms with Crippen LogP contribution in [0.4, 0.5) is 11.4 Å². The summed E-state index contributed by atoms with van der Waals surface area (Å²) in [5, 5.41) is 12.3. The van der Waals surface area contributed by atoms with Gasteiger partial charge < -0.3 is 9.52 Å². The van der Waals surface area contributed by atoms with E-state index < -0.39 is 46.8 Å². The standard InChI is InChI=1S/C45H31Cl2N3O6/c46-26-9-6-10-29(21-26)50-42(53)34-23-32-30(39(33-22-27(47)15-20-36(33)51)45(34,44(50)55)25-7-2-1-3-8-25)18-19-31-38(32)43(54)49(41(31)52)28-16-13-24(14-17-28)40-48-35-11-4-5-12-37(35)56-40/h1-18,20-22,31-32,34,38-39,51H,19,23H2. The van der Waals surface area contributed by atoms with Crippen molar-refractivity contribution in [2.75, 3.05) is 9.80 Å². The molecule has 276 valence electrons. The number of benzene rings is 5. The number of nitrogens with zero attached hydrogens (tertiary/aromatic N) is 3. The molecule has 1 N–H and O–H groups in total. The number of oxazole rings is 1. The minimum atomic E-state index is -1.54. The molecule has 10 rings (SSSR count). The van der Waals surface area contributed by atoms with Crippen LogP contribution in [-0.4, -0.2) is 33.7 Å². The summed E-state index contributed by atoms with van der Waals surface area (Å²) in [5.41, 5.74) is 2.91. The van der Waals surface area contributed by atoms with Crippen molar-refractivity contribution in [2.24, 2.45) is 23.7 Å². The van der Waals surface area contributed by atoms with Crippen LogP contribution in [0.15, 0.2) is 137 Å². The molecule has 9 nitrogen and oxygen atoms in total. The molecule has 4 amide bonds. The zero-order valence-corrected chi connectivity index (χ0v) is 31.0. The molecule has 56 heavy (non-hydrogen) atoms. The quantitative estimate of drug-likeness (QED) is 0.137. The second-order valence-electron chi connectivity index (χ2n) is 14.8. The molecule has 3 heterocycles. The lowest BCUT2D eigenvalue weighted by molar-refractivity contribution is -0.127. The topological polar surface area (TPSA) is 121 Å². The van der Waals surface area contributed by atoms with Crippen molar-refractivity contribution < 1.29 is 28.7 Å². The Morgan fingerprint density at radius 1 is 0.714 bits per heavy atom. The van der Waals surface area contributed by atoms with E-state index in [1.165, 1.54) is 15.9 Å². The van der Waals surface area contributed by atoms with Gasteiger partial charge in [-0.3, -0.25) is 24.1 Å². The van der Waals surface area contributed by atoms with Gasteiger partial charge in [0.05, 0.1) is 34.5 Å². The Labute approximate surface area is 330 Å². The highest BCUT2D eigenvalue weighted by Gasteiger charge is 2.70. The maximum absolute atomic E-state index is 15.4. The normalized spacial score (nSPS) is 25.7. The van der Waals surface area contributed by atoms with Crippen LogP contribution in [0.5, 0.6) is 5.75 Å². The molecule has 4 aliphatic rings. The lowest BCUT2D eigenvalue weighted by Crippen LogP contribution is -2.53. The number of halogens is 2. The molecule has 0 spiro atoms. The van der Waals surface area contributed by atoms with Crippen LogP contribution in [0.1, 0.15) is 29.9 Å². The zero-order valence-electron chi connectivity index (χ0n) is 29.5. The van der Waals surface area contributed by atoms with Gasteiger partial charge in [0.25, 0.3) is 0 Å². The summed E-state index contributed by atoms with van der Waals surface area (Å²) >= 11 is 13.0. The molecule has 1 aromatic heterocycles. The van der Waals surface area contributed by atoms with E-state index in [1.54, 1.807) is 60.7 Å². The molecule has 2 aliphatic carbocycles. The number of phenols is 1. The first kappa shape index (κ1) is 34.5. The van der Waals surface area contributed by atoms with E-state index in [2.05, 4.69) is 4.98 Å². The van der Waals surface area contributed by atoms with E-state index in [4.69, 9.17) is 27.6 Å². The third-order valence-electron chi connectivity index (χ3n) is 12.1. The van der Waals surface area contributed by atoms with Gasteiger partial charge in [-0.05, 0) is 97.1 Å². The van der Waals surface area contributed by atoms with E-state index in [9.17, 15) is 19.5 Å². The Kier molecular flexibility index (Phi) is 7.85. The first-order valence-corrected chi connectivity index (χ1v) is 19.1. The summed E-state index contributed by atoms with van der Waals surface area (Å²) in [4.78, 5) is 66.4. The number of anilines is 2. The number of phenolic OH excluding ortho intramolecular Hbond substituents is 1. The first-order chi connectivity index (χ1) is 27.2. The summed E-state index contributed by atoms with van der Waals surface area (Å²) in [5.74, 6) is -5.34. The van der Waals surface area contributed by atoms with Crippen LogP contribution in [0.25, 0.3) is 22.6 Å². The average Bonchev–Trinajstić information content (AvgIpc) is 3.83. The van der Waals surface area contributed by atoms with Crippen molar-refractivity contribution in [3.05, 3.63) is 154 Å². The molecular weight excluding hydrogens is 749 g/mol. The monoisotopic (exact) mass is 779 g/mol. The molecule has 5 aromatic carbocycles. The Morgan fingerprint density at radius 2 is 1.46 bits per heavy atom. The van der Waals surface area contributed by atoms with Crippen molar-refractivity contribution in [3.8, 4) is 17.2 Å². The molecule has 1 saturated carbocycles. The summed E-state index contributed by atoms with van der Waals surface area (Å²) in [7, 11) is 0. The Morgan fingerprint density at radius 3 is 2.23 bits per heavy atom. The number of fused-ring (bicyclic) bond motifs is 5. The van der Waals surface area contributed by atoms with E-state index >= 15 is 4.79 Å². The van der Waals surface area contributed by atoms with E-state index in [1.807, 2.05) is 60.7 Å². The molecule has 6 atom stereocenters. The van der Waals surface area contributed by atoms with Crippen LogP contribution in [-0.2, 0) is 24.6 Å². The number of amides is 4. The fourth-order valence-electron chi connectivity index (χ4n) is 9.85. The minimum Gasteiger partial charge on any atom is -0.508 e. The van der Waals surface area contributed by atoms with Crippen molar-refractivity contribution in [1.82, 2.24) is 4.98 Å². The number of aromatic nitrogens is 1. The second kappa shape index (κ2) is 12.8. The fourth-order valence-corrected chi connectivity index (χ4v) is 10.2. The molecule has 2 saturated heterocycles. The molecule has 11 heteroatoms. The van der Waals surface area contributed by atoms with Gasteiger partial charge in [0.2, 0.25) is 29.5 Å². The lowest BCUT2D eigenvalue weighted by Gasteiger charge is -2.50. The Balaban J connectivity index is 1.10. The molecule has 0 radical (unpaired) electrons. The molecule has 6 unspecified atom stereocenters. The van der Waals surface area contributed by atoms with Crippen LogP contribution < -0.4 is 9.80 Å². The van der Waals surface area contributed by atoms with Gasteiger partial charge in [-0.1, -0.05) is 83.4 Å². The van der Waals surface area contributed by atoms with Gasteiger partial charge in [0, 0.05) is 27.1 Å². The summed E-state index contributed by atoms with van der Waals surface area (Å²) < 4.78 is 5.94. The maximum Gasteiger partial charge on any atom is 0.246 e. The third kappa shape index (κ3) is 4.90. The SMILES string of the molecule is O=C1C2CC=C3C(CC4C(=O)N(c5cccc(Cl)c5)C(=O)C4(c4ccccc4)C3c3cc(Cl)ccc3O)C2C(=O)N1c1ccc(-c2nc3ccccc3o2)cc1. The number of aromatic hydroxyl groups is 1. The third-order valence-corrected chi connectivity index (χ3v) is 12.6. The van der Waals surface area contributed by atoms with E-state index in [0.717, 1.165) is 5.52 Å². The van der Waals surface area contributed by atoms with Gasteiger partial charge >= 0.3 is 0 Å². The predicted octanol–water partition coefficient (Wildman–Crippen LogP) is 8.87. The summed E-state index contributed by atoms with van der Waals surface area (Å²) in [6.45, 7) is 0. The smallest absolute Gasteiger partial charge is 0.246 e. The van der Waals surface area contributed by atoms with Crippen LogP contribution >= 0.6 is 23.2 Å². The predicted molar refractivity (Wildman–Crippen MR) is 211 cm³/mol. The molecule has 3 fully saturated rings. The number of hydrogen-bond donors (Lipinski definition) is 1. The van der Waals surface area contributed by atoms with Crippen LogP contribution in [0, 0.1) is 23.7 Å². The highest BCUT2D eigenvalue weighted by molar-refractivity contribution is 6.32. The van der Waals surface area contributed by atoms with Crippen molar-refractivity contribution in [2.45, 2.75) is 24.2 Å². The number of rotatable bonds is 5. The van der Waals surface area contributed by atoms with Gasteiger partial charge in [-0.2, -0.15) is 0 Å². The number of hydrogen-bond acceptors (Lipinski definition) is 7. The largest absolute Gasteiger partial charge is 0.508 e. The summed E-state index contributed by atoms with van der Waals surface area (Å²) in [6, 6.07) is 34.8. The second-order valence-corrected chi connectivity index (χ2v) is 15.7. The number of imide groups is 2. The number of carbonyl (C=O) groups excluding carboxylic acids is 4. The number of para-hydroxylation sites is 2. The fraction of sp³-hybridized carbons (Fsp3) is 0.178. The lowest BCUT2D eigenvalue weighted by atomic mass is 9.49. The Bertz CT molecular complexity index is 2640. The van der Waals surface area contributed by atoms with Crippen LogP contribution in [0.2, 0.25) is 10.0 Å². The molecule has 6 aromatic rings. The van der Waals surface area contributed by atoms with Gasteiger partial charge in [0.15, 0.2) is 5.58 Å². The van der Waals surface area contributed by atoms with Crippen molar-refractivity contribution in [1.29, 1.82) is 0 Å². The highest BCUT2D eigenvalue weighted by Crippen LogP contribution is 2.65. The van der Waals surface area contributed by atoms with Gasteiger partial charge in [-0.15, -0.1) is 0 Å². The minimum absolute atomic E-state index is 0.104. The first-order valence-electron chi connectivity index (χ1n) is 18.4. The zero-order chi connectivity index (χ0) is 38.5. The Hall–Kier alpha value is -6.03. The molecule has 2 aliphatic heterocycles. The van der Waals surface area contributed by atoms with Crippen molar-refractivity contribution >= 4 is 69.3 Å². The average molecular weight is 781 g/mol. The van der Waals surface area contributed by atoms with Gasteiger partial charge in [0.1, 0.15) is 11.3 Å². The van der Waals surface area contributed by atoms with Crippen molar-refractivity contribution in [3.63, 3.8) is 0 Å². The van der Waals surface area contributed by atoms with Gasteiger partial charge in [-0.25, -0.2) is 9.88 Å². The number of carbonyl (C=O) groups is 4. The summed E-state index contributed by atoms with van der Waals surface area (Å²) in [6.07, 6.45) is 2.29. The number of allylic oxidation sites excluding steroid dienone is 2. The molecule has 0 bridgehead atoms. The highest BCUT2D eigenvalue weighted by atomic mass is 35.5. The van der Waals surface area contributed by atoms with E-state index in [-0.39, 0.29) is 30.4 Å². The van der Waals surface area contributed by atoms with E-state index in [0.29, 0.717) is 55.2 Å². The maximum atomic E-state index is 15.4. The molecular formula is C45H31Cl2N3O6.